The molecule has 2 heterocycles. The van der Waals surface area contributed by atoms with Gasteiger partial charge in [-0.15, -0.1) is 0 Å². The van der Waals surface area contributed by atoms with Crippen LogP contribution in [0.5, 0.6) is 0 Å². The molecule has 1 aliphatic rings. The van der Waals surface area contributed by atoms with Crippen molar-refractivity contribution in [3.05, 3.63) is 52.8 Å². The van der Waals surface area contributed by atoms with E-state index in [1.165, 1.54) is 0 Å². The van der Waals surface area contributed by atoms with Crippen LogP contribution in [0.3, 0.4) is 0 Å². The minimum Gasteiger partial charge on any atom is -0.326 e. The number of carbonyl (C=O) groups excluding carboxylic acids is 2. The summed E-state index contributed by atoms with van der Waals surface area (Å²) in [6.07, 6.45) is 6.10. The number of hydrogen-bond acceptors (Lipinski definition) is 3. The van der Waals surface area contributed by atoms with Gasteiger partial charge in [0.15, 0.2) is 0 Å². The highest BCUT2D eigenvalue weighted by molar-refractivity contribution is 6.05. The Hall–Kier alpha value is -2.69. The first-order valence-electron chi connectivity index (χ1n) is 8.32. The Morgan fingerprint density at radius 3 is 2.75 bits per heavy atom. The second kappa shape index (κ2) is 6.83. The van der Waals surface area contributed by atoms with E-state index >= 15 is 0 Å². The molecular weight excluding hydrogens is 302 g/mol. The average Bonchev–Trinajstić information content (AvgIpc) is 2.61. The Kier molecular flexibility index (Phi) is 4.60. The summed E-state index contributed by atoms with van der Waals surface area (Å²) in [6, 6.07) is 5.64. The molecule has 1 aromatic heterocycles. The molecule has 2 N–H and O–H groups in total. The number of hydrogen-bond donors (Lipinski definition) is 2. The molecule has 24 heavy (non-hydrogen) atoms. The maximum atomic E-state index is 12.6. The topological polar surface area (TPSA) is 71.1 Å². The summed E-state index contributed by atoms with van der Waals surface area (Å²) in [5, 5.41) is 5.94. The minimum atomic E-state index is -0.129. The maximum absolute atomic E-state index is 12.6. The molecule has 0 radical (unpaired) electrons. The zero-order valence-electron chi connectivity index (χ0n) is 14.0. The molecule has 2 amide bonds. The number of aryl methyl sites for hydroxylation is 3. The van der Waals surface area contributed by atoms with Gasteiger partial charge in [0.05, 0.1) is 0 Å². The third-order valence-corrected chi connectivity index (χ3v) is 4.36. The van der Waals surface area contributed by atoms with E-state index < -0.39 is 0 Å². The van der Waals surface area contributed by atoms with Gasteiger partial charge < -0.3 is 10.6 Å². The van der Waals surface area contributed by atoms with Crippen LogP contribution in [0.2, 0.25) is 0 Å². The van der Waals surface area contributed by atoms with Gasteiger partial charge in [0.2, 0.25) is 5.91 Å². The average molecular weight is 323 g/mol. The van der Waals surface area contributed by atoms with Crippen molar-refractivity contribution < 1.29 is 9.59 Å². The molecule has 0 fully saturated rings. The minimum absolute atomic E-state index is 0.0540. The molecule has 3 rings (SSSR count). The number of aromatic nitrogens is 1. The molecule has 5 heteroatoms. The van der Waals surface area contributed by atoms with E-state index in [4.69, 9.17) is 0 Å². The van der Waals surface area contributed by atoms with Crippen LogP contribution in [0.4, 0.5) is 11.4 Å². The van der Waals surface area contributed by atoms with E-state index in [-0.39, 0.29) is 11.8 Å². The predicted molar refractivity (Wildman–Crippen MR) is 94.3 cm³/mol. The van der Waals surface area contributed by atoms with Crippen molar-refractivity contribution >= 4 is 23.2 Å². The second-order valence-corrected chi connectivity index (χ2v) is 5.91. The summed E-state index contributed by atoms with van der Waals surface area (Å²) in [5.41, 5.74) is 5.37. The lowest BCUT2D eigenvalue weighted by atomic mass is 9.96. The highest BCUT2D eigenvalue weighted by Gasteiger charge is 2.19. The van der Waals surface area contributed by atoms with Gasteiger partial charge in [0.1, 0.15) is 0 Å². The quantitative estimate of drug-likeness (QED) is 0.906. The molecule has 0 spiro atoms. The lowest BCUT2D eigenvalue weighted by Gasteiger charge is -2.21. The van der Waals surface area contributed by atoms with Crippen molar-refractivity contribution in [3.8, 4) is 0 Å². The summed E-state index contributed by atoms with van der Waals surface area (Å²) in [4.78, 5) is 28.3. The molecule has 0 atom stereocenters. The van der Waals surface area contributed by atoms with Crippen LogP contribution in [0, 0.1) is 0 Å². The van der Waals surface area contributed by atoms with E-state index in [9.17, 15) is 9.59 Å². The number of pyridine rings is 1. The Bertz CT molecular complexity index is 782. The summed E-state index contributed by atoms with van der Waals surface area (Å²) in [5.74, 6) is -0.0746. The first-order valence-corrected chi connectivity index (χ1v) is 8.32. The Morgan fingerprint density at radius 2 is 2.00 bits per heavy atom. The van der Waals surface area contributed by atoms with Crippen LogP contribution in [-0.2, 0) is 24.1 Å². The van der Waals surface area contributed by atoms with Crippen LogP contribution in [0.1, 0.15) is 47.3 Å². The lowest BCUT2D eigenvalue weighted by molar-refractivity contribution is -0.116. The van der Waals surface area contributed by atoms with E-state index in [1.54, 1.807) is 18.5 Å². The van der Waals surface area contributed by atoms with Crippen molar-refractivity contribution in [2.24, 2.45) is 0 Å². The molecule has 0 unspecified atom stereocenters. The Labute approximate surface area is 141 Å². The van der Waals surface area contributed by atoms with Crippen molar-refractivity contribution in [2.45, 2.75) is 39.5 Å². The van der Waals surface area contributed by atoms with E-state index in [0.29, 0.717) is 18.4 Å². The summed E-state index contributed by atoms with van der Waals surface area (Å²) in [7, 11) is 0. The predicted octanol–water partition coefficient (Wildman–Crippen LogP) is 3.34. The second-order valence-electron chi connectivity index (χ2n) is 5.91. The van der Waals surface area contributed by atoms with Gasteiger partial charge in [-0.25, -0.2) is 0 Å². The lowest BCUT2D eigenvalue weighted by Crippen LogP contribution is -2.21. The molecule has 0 saturated heterocycles. The third-order valence-electron chi connectivity index (χ3n) is 4.36. The SMILES string of the molecule is CCc1cnccc1C(=O)Nc1cc(CC)c2c(c1)CCC(=O)N2. The molecule has 5 nitrogen and oxygen atoms in total. The van der Waals surface area contributed by atoms with Gasteiger partial charge in [-0.3, -0.25) is 14.6 Å². The van der Waals surface area contributed by atoms with Gasteiger partial charge in [-0.2, -0.15) is 0 Å². The largest absolute Gasteiger partial charge is 0.326 e. The Morgan fingerprint density at radius 1 is 1.21 bits per heavy atom. The monoisotopic (exact) mass is 323 g/mol. The fourth-order valence-corrected chi connectivity index (χ4v) is 3.06. The fourth-order valence-electron chi connectivity index (χ4n) is 3.06. The molecule has 0 saturated carbocycles. The molecule has 1 aliphatic heterocycles. The summed E-state index contributed by atoms with van der Waals surface area (Å²) < 4.78 is 0. The molecule has 1 aromatic carbocycles. The molecule has 0 bridgehead atoms. The smallest absolute Gasteiger partial charge is 0.256 e. The number of nitrogens with one attached hydrogen (secondary N) is 2. The zero-order chi connectivity index (χ0) is 17.1. The van der Waals surface area contributed by atoms with Gasteiger partial charge in [0.25, 0.3) is 5.91 Å². The number of fused-ring (bicyclic) bond motifs is 1. The first kappa shape index (κ1) is 16.2. The van der Waals surface area contributed by atoms with Gasteiger partial charge >= 0.3 is 0 Å². The van der Waals surface area contributed by atoms with Crippen molar-refractivity contribution in [1.82, 2.24) is 4.98 Å². The number of benzene rings is 1. The van der Waals surface area contributed by atoms with Gasteiger partial charge in [-0.05, 0) is 54.2 Å². The van der Waals surface area contributed by atoms with Crippen LogP contribution < -0.4 is 10.6 Å². The number of carbonyl (C=O) groups is 2. The first-order chi connectivity index (χ1) is 11.6. The van der Waals surface area contributed by atoms with Crippen molar-refractivity contribution in [3.63, 3.8) is 0 Å². The van der Waals surface area contributed by atoms with Crippen LogP contribution in [0.25, 0.3) is 0 Å². The van der Waals surface area contributed by atoms with E-state index in [0.717, 1.165) is 40.9 Å². The Balaban J connectivity index is 1.90. The maximum Gasteiger partial charge on any atom is 0.256 e. The molecule has 124 valence electrons. The van der Waals surface area contributed by atoms with Crippen LogP contribution in [0.15, 0.2) is 30.6 Å². The summed E-state index contributed by atoms with van der Waals surface area (Å²) in [6.45, 7) is 4.05. The molecular formula is C19H21N3O2. The van der Waals surface area contributed by atoms with Crippen LogP contribution >= 0.6 is 0 Å². The zero-order valence-corrected chi connectivity index (χ0v) is 14.0. The number of anilines is 2. The van der Waals surface area contributed by atoms with Crippen LogP contribution in [-0.4, -0.2) is 16.8 Å². The molecule has 0 aliphatic carbocycles. The van der Waals surface area contributed by atoms with Gasteiger partial charge in [0, 0.05) is 35.8 Å². The number of rotatable bonds is 4. The van der Waals surface area contributed by atoms with Crippen molar-refractivity contribution in [1.29, 1.82) is 0 Å². The van der Waals surface area contributed by atoms with E-state index in [2.05, 4.69) is 15.6 Å². The highest BCUT2D eigenvalue weighted by Crippen LogP contribution is 2.31. The standard InChI is InChI=1S/C19H21N3O2/c1-3-12-9-15(10-14-5-6-17(23)22-18(12)14)21-19(24)16-7-8-20-11-13(16)4-2/h7-11H,3-6H2,1-2H3,(H,21,24)(H,22,23). The molecule has 2 aromatic rings. The fraction of sp³-hybridized carbons (Fsp3) is 0.316. The van der Waals surface area contributed by atoms with Gasteiger partial charge in [-0.1, -0.05) is 13.8 Å². The van der Waals surface area contributed by atoms with E-state index in [1.807, 2.05) is 26.0 Å². The number of nitrogens with zero attached hydrogens (tertiary/aromatic N) is 1. The highest BCUT2D eigenvalue weighted by atomic mass is 16.2. The third kappa shape index (κ3) is 3.15. The summed E-state index contributed by atoms with van der Waals surface area (Å²) >= 11 is 0. The number of amides is 2. The normalized spacial score (nSPS) is 13.2. The van der Waals surface area contributed by atoms with Crippen molar-refractivity contribution in [2.75, 3.05) is 10.6 Å².